The zero-order valence-corrected chi connectivity index (χ0v) is 28.5. The smallest absolute Gasteiger partial charge is 0.459 e. The Morgan fingerprint density at radius 2 is 1.74 bits per heavy atom. The molecule has 0 bridgehead atoms. The molecule has 0 fully saturated rings. The topological polar surface area (TPSA) is 140 Å². The SMILES string of the molecule is CCCC[C@@H](COP(=O)(N[C@@H](C)C(=O)OC(C)C)Oc1ccc2ccccc2c1)n1c(COCC)nc2c(N)nc3ccccc3c21. The van der Waals surface area contributed by atoms with Crippen molar-refractivity contribution in [1.29, 1.82) is 0 Å². The van der Waals surface area contributed by atoms with Crippen molar-refractivity contribution in [2.24, 2.45) is 0 Å². The number of aromatic nitrogens is 3. The molecule has 0 amide bonds. The van der Waals surface area contributed by atoms with Crippen molar-refractivity contribution in [2.45, 2.75) is 78.7 Å². The number of nitrogens with two attached hydrogens (primary N) is 1. The van der Waals surface area contributed by atoms with Crippen LogP contribution in [0.5, 0.6) is 5.75 Å². The number of hydrogen-bond acceptors (Lipinski definition) is 9. The van der Waals surface area contributed by atoms with Crippen molar-refractivity contribution in [3.63, 3.8) is 0 Å². The lowest BCUT2D eigenvalue weighted by Crippen LogP contribution is -2.36. The Hall–Kier alpha value is -4.02. The van der Waals surface area contributed by atoms with Gasteiger partial charge in [-0.1, -0.05) is 68.3 Å². The van der Waals surface area contributed by atoms with Crippen molar-refractivity contribution >= 4 is 52.2 Å². The fraction of sp³-hybridized carbons (Fsp3) is 0.400. The number of anilines is 1. The molecule has 47 heavy (non-hydrogen) atoms. The van der Waals surface area contributed by atoms with Crippen LogP contribution in [0.3, 0.4) is 0 Å². The molecule has 0 saturated carbocycles. The molecule has 0 aliphatic heterocycles. The molecule has 2 heterocycles. The number of para-hydroxylation sites is 1. The highest BCUT2D eigenvalue weighted by molar-refractivity contribution is 7.52. The summed E-state index contributed by atoms with van der Waals surface area (Å²) in [6.07, 6.45) is 2.12. The van der Waals surface area contributed by atoms with Crippen molar-refractivity contribution in [3.8, 4) is 5.75 Å². The van der Waals surface area contributed by atoms with E-state index < -0.39 is 19.8 Å². The summed E-state index contributed by atoms with van der Waals surface area (Å²) < 4.78 is 40.3. The molecule has 250 valence electrons. The predicted molar refractivity (Wildman–Crippen MR) is 185 cm³/mol. The Morgan fingerprint density at radius 3 is 2.49 bits per heavy atom. The van der Waals surface area contributed by atoms with E-state index in [0.717, 1.165) is 40.0 Å². The Kier molecular flexibility index (Phi) is 11.1. The molecule has 12 heteroatoms. The van der Waals surface area contributed by atoms with Gasteiger partial charge in [-0.25, -0.2) is 14.5 Å². The highest BCUT2D eigenvalue weighted by Crippen LogP contribution is 2.47. The summed E-state index contributed by atoms with van der Waals surface area (Å²) in [5.74, 6) is 0.741. The van der Waals surface area contributed by atoms with Crippen LogP contribution in [-0.4, -0.2) is 45.9 Å². The highest BCUT2D eigenvalue weighted by Gasteiger charge is 2.34. The second kappa shape index (κ2) is 15.3. The number of nitrogens with zero attached hydrogens (tertiary/aromatic N) is 3. The van der Waals surface area contributed by atoms with E-state index >= 15 is 0 Å². The molecule has 3 N–H and O–H groups in total. The van der Waals surface area contributed by atoms with Gasteiger partial charge < -0.3 is 24.3 Å². The Morgan fingerprint density at radius 1 is 1.00 bits per heavy atom. The summed E-state index contributed by atoms with van der Waals surface area (Å²) in [6, 6.07) is 19.7. The molecule has 0 aliphatic rings. The van der Waals surface area contributed by atoms with Crippen LogP contribution in [0.25, 0.3) is 32.7 Å². The minimum absolute atomic E-state index is 0.0229. The zero-order valence-electron chi connectivity index (χ0n) is 27.6. The first-order chi connectivity index (χ1) is 22.6. The van der Waals surface area contributed by atoms with Gasteiger partial charge in [-0.3, -0.25) is 9.32 Å². The molecule has 5 rings (SSSR count). The van der Waals surface area contributed by atoms with Gasteiger partial charge in [0, 0.05) is 12.0 Å². The number of carbonyl (C=O) groups is 1. The Labute approximate surface area is 275 Å². The molecule has 11 nitrogen and oxygen atoms in total. The summed E-state index contributed by atoms with van der Waals surface area (Å²) in [5.41, 5.74) is 8.55. The number of esters is 1. The number of nitrogen functional groups attached to an aromatic ring is 1. The van der Waals surface area contributed by atoms with Crippen LogP contribution in [0.4, 0.5) is 5.82 Å². The third kappa shape index (κ3) is 8.11. The largest absolute Gasteiger partial charge is 0.462 e. The normalized spacial score (nSPS) is 14.4. The number of fused-ring (bicyclic) bond motifs is 4. The second-order valence-corrected chi connectivity index (χ2v) is 13.5. The maximum absolute atomic E-state index is 14.6. The maximum Gasteiger partial charge on any atom is 0.459 e. The molecule has 0 aliphatic carbocycles. The van der Waals surface area contributed by atoms with E-state index in [2.05, 4.69) is 21.6 Å². The van der Waals surface area contributed by atoms with Crippen molar-refractivity contribution in [3.05, 3.63) is 72.6 Å². The fourth-order valence-electron chi connectivity index (χ4n) is 5.55. The molecule has 0 spiro atoms. The van der Waals surface area contributed by atoms with Gasteiger partial charge in [-0.2, -0.15) is 5.09 Å². The second-order valence-electron chi connectivity index (χ2n) is 11.8. The lowest BCUT2D eigenvalue weighted by molar-refractivity contribution is -0.149. The van der Waals surface area contributed by atoms with Gasteiger partial charge in [-0.15, -0.1) is 0 Å². The average molecular weight is 662 g/mol. The van der Waals surface area contributed by atoms with E-state index in [1.165, 1.54) is 0 Å². The molecule has 2 aromatic heterocycles. The summed E-state index contributed by atoms with van der Waals surface area (Å²) >= 11 is 0. The molecule has 0 saturated heterocycles. The maximum atomic E-state index is 14.6. The average Bonchev–Trinajstić information content (AvgIpc) is 3.43. The standard InChI is InChI=1S/C35H44N5O6P/c1-6-8-15-27(40-31(22-43-7-2)38-32-33(40)29-16-11-12-17-30(29)37-34(32)36)21-44-47(42,39-24(5)35(41)45-23(3)4)46-28-19-18-25-13-9-10-14-26(25)20-28/h9-14,16-20,23-24,27H,6-8,15,21-22H2,1-5H3,(H2,36,37)(H,39,42)/t24-,27-,47?/m0/s1. The van der Waals surface area contributed by atoms with Gasteiger partial charge in [0.1, 0.15) is 29.7 Å². The van der Waals surface area contributed by atoms with Crippen LogP contribution in [0, 0.1) is 0 Å². The number of hydrogen-bond donors (Lipinski definition) is 2. The van der Waals surface area contributed by atoms with Crippen LogP contribution in [0.2, 0.25) is 0 Å². The van der Waals surface area contributed by atoms with Crippen LogP contribution in [-0.2, 0) is 30.0 Å². The Bertz CT molecular complexity index is 1890. The van der Waals surface area contributed by atoms with Gasteiger partial charge in [0.15, 0.2) is 5.82 Å². The lowest BCUT2D eigenvalue weighted by atomic mass is 10.1. The van der Waals surface area contributed by atoms with Crippen molar-refractivity contribution in [1.82, 2.24) is 19.6 Å². The van der Waals surface area contributed by atoms with E-state index in [0.29, 0.717) is 35.9 Å². The number of carbonyl (C=O) groups excluding carboxylic acids is 1. The first-order valence-corrected chi connectivity index (χ1v) is 17.7. The van der Waals surface area contributed by atoms with E-state index in [-0.39, 0.29) is 25.4 Å². The molecular formula is C35H44N5O6P. The van der Waals surface area contributed by atoms with Crippen molar-refractivity contribution < 1.29 is 27.9 Å². The first-order valence-electron chi connectivity index (χ1n) is 16.2. The monoisotopic (exact) mass is 661 g/mol. The van der Waals surface area contributed by atoms with Crippen LogP contribution < -0.4 is 15.3 Å². The van der Waals surface area contributed by atoms with Gasteiger partial charge >= 0.3 is 13.7 Å². The fourth-order valence-corrected chi connectivity index (χ4v) is 7.06. The van der Waals surface area contributed by atoms with Crippen LogP contribution in [0.1, 0.15) is 65.7 Å². The number of nitrogens with one attached hydrogen (secondary N) is 1. The predicted octanol–water partition coefficient (Wildman–Crippen LogP) is 7.72. The van der Waals surface area contributed by atoms with Gasteiger partial charge in [-0.05, 0) is 63.1 Å². The number of imidazole rings is 1. The number of benzene rings is 3. The van der Waals surface area contributed by atoms with Crippen LogP contribution >= 0.6 is 7.75 Å². The molecule has 1 unspecified atom stereocenters. The minimum atomic E-state index is -4.17. The summed E-state index contributed by atoms with van der Waals surface area (Å²) in [6.45, 7) is 9.83. The van der Waals surface area contributed by atoms with Crippen molar-refractivity contribution in [2.75, 3.05) is 18.9 Å². The highest BCUT2D eigenvalue weighted by atomic mass is 31.2. The lowest BCUT2D eigenvalue weighted by Gasteiger charge is -2.27. The van der Waals surface area contributed by atoms with E-state index in [4.69, 9.17) is 29.2 Å². The molecular weight excluding hydrogens is 617 g/mol. The van der Waals surface area contributed by atoms with Crippen LogP contribution in [0.15, 0.2) is 66.7 Å². The third-order valence-electron chi connectivity index (χ3n) is 7.76. The number of unbranched alkanes of at least 4 members (excludes halogenated alkanes) is 1. The third-order valence-corrected chi connectivity index (χ3v) is 9.40. The zero-order chi connectivity index (χ0) is 33.6. The number of rotatable bonds is 16. The molecule has 3 atom stereocenters. The number of pyridine rings is 1. The van der Waals surface area contributed by atoms with Gasteiger partial charge in [0.25, 0.3) is 0 Å². The van der Waals surface area contributed by atoms with Gasteiger partial charge in [0.05, 0.1) is 29.8 Å². The Balaban J connectivity index is 1.55. The first kappa shape index (κ1) is 34.3. The molecule has 3 aromatic carbocycles. The van der Waals surface area contributed by atoms with E-state index in [1.807, 2.05) is 61.5 Å². The summed E-state index contributed by atoms with van der Waals surface area (Å²) in [4.78, 5) is 22.3. The van der Waals surface area contributed by atoms with E-state index in [9.17, 15) is 9.36 Å². The molecule has 0 radical (unpaired) electrons. The summed E-state index contributed by atoms with van der Waals surface area (Å²) in [7, 11) is -4.17. The van der Waals surface area contributed by atoms with E-state index in [1.54, 1.807) is 32.9 Å². The van der Waals surface area contributed by atoms with Gasteiger partial charge in [0.2, 0.25) is 0 Å². The minimum Gasteiger partial charge on any atom is -0.462 e. The number of ether oxygens (including phenoxy) is 2. The quantitative estimate of drug-likeness (QED) is 0.0798. The molecule has 5 aromatic rings. The summed E-state index contributed by atoms with van der Waals surface area (Å²) in [5, 5.41) is 5.63.